The van der Waals surface area contributed by atoms with Crippen LogP contribution in [0.3, 0.4) is 0 Å². The SMILES string of the molecule is O=C1NCCc2c1ccnc2-c1cc(C2CC2c2cc(F)cc(C(F)(F)F)c2)ncn1. The minimum Gasteiger partial charge on any atom is -0.352 e. The van der Waals surface area contributed by atoms with E-state index in [-0.39, 0.29) is 17.7 Å². The van der Waals surface area contributed by atoms with Gasteiger partial charge in [-0.15, -0.1) is 0 Å². The smallest absolute Gasteiger partial charge is 0.352 e. The lowest BCUT2D eigenvalue weighted by molar-refractivity contribution is -0.137. The predicted octanol–water partition coefficient (Wildman–Crippen LogP) is 4.25. The van der Waals surface area contributed by atoms with Gasteiger partial charge in [-0.2, -0.15) is 13.2 Å². The molecule has 3 heterocycles. The van der Waals surface area contributed by atoms with E-state index in [1.807, 2.05) is 0 Å². The summed E-state index contributed by atoms with van der Waals surface area (Å²) in [5.74, 6) is -1.44. The van der Waals surface area contributed by atoms with E-state index in [0.717, 1.165) is 17.7 Å². The first-order valence-electron chi connectivity index (χ1n) is 9.77. The van der Waals surface area contributed by atoms with Crippen LogP contribution < -0.4 is 5.32 Å². The van der Waals surface area contributed by atoms with Gasteiger partial charge in [0.25, 0.3) is 5.91 Å². The third-order valence-corrected chi connectivity index (χ3v) is 5.74. The first-order valence-corrected chi connectivity index (χ1v) is 9.77. The fourth-order valence-electron chi connectivity index (χ4n) is 4.16. The number of hydrogen-bond acceptors (Lipinski definition) is 4. The van der Waals surface area contributed by atoms with E-state index >= 15 is 0 Å². The molecule has 0 bridgehead atoms. The van der Waals surface area contributed by atoms with E-state index in [1.165, 1.54) is 6.33 Å². The van der Waals surface area contributed by atoms with Crippen molar-refractivity contribution in [3.63, 3.8) is 0 Å². The lowest BCUT2D eigenvalue weighted by Crippen LogP contribution is -2.32. The highest BCUT2D eigenvalue weighted by molar-refractivity contribution is 5.98. The Morgan fingerprint density at radius 1 is 1.03 bits per heavy atom. The van der Waals surface area contributed by atoms with Crippen molar-refractivity contribution >= 4 is 5.91 Å². The molecule has 0 radical (unpaired) electrons. The topological polar surface area (TPSA) is 67.8 Å². The predicted molar refractivity (Wildman–Crippen MR) is 103 cm³/mol. The van der Waals surface area contributed by atoms with Gasteiger partial charge in [0, 0.05) is 29.9 Å². The molecular weight excluding hydrogens is 412 g/mol. The Bertz CT molecular complexity index is 1190. The summed E-state index contributed by atoms with van der Waals surface area (Å²) in [7, 11) is 0. The van der Waals surface area contributed by atoms with Gasteiger partial charge in [-0.25, -0.2) is 14.4 Å². The molecule has 1 aromatic carbocycles. The quantitative estimate of drug-likeness (QED) is 0.634. The molecule has 158 valence electrons. The zero-order valence-electron chi connectivity index (χ0n) is 16.1. The number of nitrogens with one attached hydrogen (secondary N) is 1. The van der Waals surface area contributed by atoms with Crippen LogP contribution in [0.15, 0.2) is 42.9 Å². The number of rotatable bonds is 3. The van der Waals surface area contributed by atoms with Gasteiger partial charge in [0.05, 0.1) is 17.0 Å². The maximum absolute atomic E-state index is 13.8. The van der Waals surface area contributed by atoms with Crippen LogP contribution in [-0.2, 0) is 12.6 Å². The Hall–Kier alpha value is -3.36. The summed E-state index contributed by atoms with van der Waals surface area (Å²) in [5, 5.41) is 2.79. The summed E-state index contributed by atoms with van der Waals surface area (Å²) in [4.78, 5) is 25.1. The minimum absolute atomic E-state index is 0.132. The van der Waals surface area contributed by atoms with Crippen LogP contribution in [0, 0.1) is 5.82 Å². The maximum atomic E-state index is 13.8. The normalized spacial score (nSPS) is 20.2. The molecule has 5 nitrogen and oxygen atoms in total. The molecule has 2 unspecified atom stereocenters. The number of aromatic nitrogens is 3. The molecule has 1 N–H and O–H groups in total. The van der Waals surface area contributed by atoms with Gasteiger partial charge < -0.3 is 5.32 Å². The Morgan fingerprint density at radius 3 is 2.68 bits per heavy atom. The van der Waals surface area contributed by atoms with Crippen LogP contribution in [0.25, 0.3) is 11.4 Å². The van der Waals surface area contributed by atoms with Crippen molar-refractivity contribution in [2.45, 2.75) is 30.9 Å². The van der Waals surface area contributed by atoms with Crippen LogP contribution in [0.2, 0.25) is 0 Å². The Kier molecular flexibility index (Phi) is 4.49. The number of hydrogen-bond donors (Lipinski definition) is 1. The van der Waals surface area contributed by atoms with Crippen molar-refractivity contribution in [2.75, 3.05) is 6.54 Å². The molecule has 1 aliphatic carbocycles. The second-order valence-corrected chi connectivity index (χ2v) is 7.74. The van der Waals surface area contributed by atoms with Crippen molar-refractivity contribution in [2.24, 2.45) is 0 Å². The number of amides is 1. The largest absolute Gasteiger partial charge is 0.416 e. The second-order valence-electron chi connectivity index (χ2n) is 7.74. The molecule has 0 saturated heterocycles. The highest BCUT2D eigenvalue weighted by Gasteiger charge is 2.42. The Morgan fingerprint density at radius 2 is 1.87 bits per heavy atom. The number of nitrogens with zero attached hydrogens (tertiary/aromatic N) is 3. The van der Waals surface area contributed by atoms with Gasteiger partial charge in [-0.05, 0) is 60.2 Å². The number of pyridine rings is 1. The summed E-state index contributed by atoms with van der Waals surface area (Å²) in [5.41, 5.74) is 2.49. The van der Waals surface area contributed by atoms with Gasteiger partial charge in [-0.1, -0.05) is 0 Å². The molecule has 3 aromatic rings. The third kappa shape index (κ3) is 3.64. The van der Waals surface area contributed by atoms with Crippen molar-refractivity contribution in [3.05, 3.63) is 76.6 Å². The summed E-state index contributed by atoms with van der Waals surface area (Å²) >= 11 is 0. The van der Waals surface area contributed by atoms with Gasteiger partial charge in [0.1, 0.15) is 12.1 Å². The summed E-state index contributed by atoms with van der Waals surface area (Å²) < 4.78 is 52.9. The molecule has 0 spiro atoms. The molecular formula is C22H16F4N4O. The average molecular weight is 428 g/mol. The van der Waals surface area contributed by atoms with Crippen molar-refractivity contribution in [1.29, 1.82) is 0 Å². The molecule has 1 amide bonds. The Balaban J connectivity index is 1.46. The fraction of sp³-hybridized carbons (Fsp3) is 0.273. The van der Waals surface area contributed by atoms with Gasteiger partial charge in [0.2, 0.25) is 0 Å². The number of benzene rings is 1. The van der Waals surface area contributed by atoms with Crippen molar-refractivity contribution < 1.29 is 22.4 Å². The van der Waals surface area contributed by atoms with E-state index in [1.54, 1.807) is 18.3 Å². The molecule has 31 heavy (non-hydrogen) atoms. The van der Waals surface area contributed by atoms with E-state index in [0.29, 0.717) is 53.7 Å². The first kappa shape index (κ1) is 19.6. The standard InChI is InChI=1S/C22H16F4N4O/c23-13-6-11(5-12(7-13)22(24,25)26)16-8-17(16)18-9-19(30-10-29-18)20-14-1-4-28-21(31)15(14)2-3-27-20/h2-3,5-7,9-10,16-17H,1,4,8H2,(H,28,31). The van der Waals surface area contributed by atoms with Crippen molar-refractivity contribution in [3.8, 4) is 11.4 Å². The summed E-state index contributed by atoms with van der Waals surface area (Å²) in [6, 6.07) is 6.07. The van der Waals surface area contributed by atoms with Crippen LogP contribution in [-0.4, -0.2) is 27.4 Å². The first-order chi connectivity index (χ1) is 14.8. The molecule has 2 aliphatic rings. The van der Waals surface area contributed by atoms with E-state index < -0.39 is 17.6 Å². The number of halogens is 4. The highest BCUT2D eigenvalue weighted by atomic mass is 19.4. The summed E-state index contributed by atoms with van der Waals surface area (Å²) in [6.45, 7) is 0.508. The van der Waals surface area contributed by atoms with Crippen LogP contribution >= 0.6 is 0 Å². The molecule has 1 saturated carbocycles. The highest BCUT2D eigenvalue weighted by Crippen LogP contribution is 2.55. The van der Waals surface area contributed by atoms with E-state index in [4.69, 9.17) is 0 Å². The van der Waals surface area contributed by atoms with Crippen molar-refractivity contribution in [1.82, 2.24) is 20.3 Å². The van der Waals surface area contributed by atoms with Crippen LogP contribution in [0.5, 0.6) is 0 Å². The van der Waals surface area contributed by atoms with Crippen LogP contribution in [0.1, 0.15) is 51.0 Å². The monoisotopic (exact) mass is 428 g/mol. The van der Waals surface area contributed by atoms with Gasteiger partial charge in [-0.3, -0.25) is 9.78 Å². The number of carbonyl (C=O) groups excluding carboxylic acids is 1. The third-order valence-electron chi connectivity index (χ3n) is 5.74. The zero-order chi connectivity index (χ0) is 21.8. The molecule has 9 heteroatoms. The zero-order valence-corrected chi connectivity index (χ0v) is 16.1. The summed E-state index contributed by atoms with van der Waals surface area (Å²) in [6.07, 6.45) is -0.476. The van der Waals surface area contributed by atoms with Crippen LogP contribution in [0.4, 0.5) is 17.6 Å². The van der Waals surface area contributed by atoms with Gasteiger partial charge >= 0.3 is 6.18 Å². The molecule has 1 aliphatic heterocycles. The number of alkyl halides is 3. The van der Waals surface area contributed by atoms with E-state index in [2.05, 4.69) is 20.3 Å². The number of fused-ring (bicyclic) bond motifs is 1. The lowest BCUT2D eigenvalue weighted by Gasteiger charge is -2.18. The lowest BCUT2D eigenvalue weighted by atomic mass is 9.97. The van der Waals surface area contributed by atoms with Gasteiger partial charge in [0.15, 0.2) is 0 Å². The van der Waals surface area contributed by atoms with E-state index in [9.17, 15) is 22.4 Å². The fourth-order valence-corrected chi connectivity index (χ4v) is 4.16. The molecule has 2 aromatic heterocycles. The molecule has 5 rings (SSSR count). The molecule has 2 atom stereocenters. The Labute approximate surface area is 174 Å². The molecule has 1 fully saturated rings. The number of carbonyl (C=O) groups is 1. The maximum Gasteiger partial charge on any atom is 0.416 e. The minimum atomic E-state index is -4.60. The second kappa shape index (κ2) is 7.11. The average Bonchev–Trinajstić information content (AvgIpc) is 3.54.